The number of rotatable bonds is 8. The predicted octanol–water partition coefficient (Wildman–Crippen LogP) is 3.46. The number of amides is 1. The second kappa shape index (κ2) is 15.3. The van der Waals surface area contributed by atoms with Crippen molar-refractivity contribution in [1.82, 2.24) is 23.8 Å². The first-order chi connectivity index (χ1) is 21.1. The van der Waals surface area contributed by atoms with Crippen LogP contribution in [-0.2, 0) is 23.3 Å². The monoisotopic (exact) mass is 631 g/mol. The number of aliphatic hydroxyl groups is 2. The standard InChI is InChI=1S/C27H30FN5O4S.C2H6O2.C2H6/c1-17-21-22(34)33(27(2,3)25(35)30-12-5-6-13-30)26(36)31(24(21)38-23(17)32-14-7-11-29-32)15-10-18-16-19(28)8-9-20(18)37-4;3-1-2-4;1-2/h7-9,11,14,16H,5-6,10,12-13,15H2,1-4H3;3-4H,1-2H2;1-2H3. The van der Waals surface area contributed by atoms with Gasteiger partial charge in [0.05, 0.1) is 25.7 Å². The Morgan fingerprint density at radius 2 is 1.80 bits per heavy atom. The molecule has 3 aromatic heterocycles. The van der Waals surface area contributed by atoms with Gasteiger partial charge in [0.1, 0.15) is 26.9 Å². The minimum Gasteiger partial charge on any atom is -0.496 e. The fraction of sp³-hybridized carbons (Fsp3) is 0.484. The lowest BCUT2D eigenvalue weighted by Crippen LogP contribution is -2.56. The second-order valence-electron chi connectivity index (χ2n) is 10.4. The molecule has 1 amide bonds. The number of methoxy groups -OCH3 is 1. The van der Waals surface area contributed by atoms with Crippen LogP contribution in [0.3, 0.4) is 0 Å². The van der Waals surface area contributed by atoms with Crippen LogP contribution in [0.1, 0.15) is 51.7 Å². The van der Waals surface area contributed by atoms with Gasteiger partial charge in [-0.1, -0.05) is 25.2 Å². The number of aromatic nitrogens is 4. The Kier molecular flexibility index (Phi) is 12.0. The molecule has 1 aliphatic rings. The Labute approximate surface area is 259 Å². The molecule has 4 heterocycles. The van der Waals surface area contributed by atoms with E-state index in [4.69, 9.17) is 14.9 Å². The molecule has 0 unspecified atom stereocenters. The fourth-order valence-electron chi connectivity index (χ4n) is 5.21. The molecule has 2 N–H and O–H groups in total. The van der Waals surface area contributed by atoms with Crippen molar-refractivity contribution in [2.45, 2.75) is 66.0 Å². The largest absolute Gasteiger partial charge is 0.496 e. The lowest BCUT2D eigenvalue weighted by atomic mass is 10.0. The molecule has 0 aliphatic carbocycles. The summed E-state index contributed by atoms with van der Waals surface area (Å²) in [5, 5.41) is 20.6. The number of hydrogen-bond acceptors (Lipinski definition) is 8. The van der Waals surface area contributed by atoms with Crippen LogP contribution in [-0.4, -0.2) is 73.3 Å². The van der Waals surface area contributed by atoms with Gasteiger partial charge in [-0.25, -0.2) is 18.4 Å². The van der Waals surface area contributed by atoms with E-state index in [9.17, 15) is 18.8 Å². The number of carbonyl (C=O) groups excluding carboxylic acids is 1. The first-order valence-corrected chi connectivity index (χ1v) is 15.5. The molecule has 0 radical (unpaired) electrons. The lowest BCUT2D eigenvalue weighted by molar-refractivity contribution is -0.138. The van der Waals surface area contributed by atoms with Gasteiger partial charge in [0.2, 0.25) is 5.91 Å². The minimum atomic E-state index is -1.40. The van der Waals surface area contributed by atoms with E-state index in [1.54, 1.807) is 48.0 Å². The molecule has 11 nitrogen and oxygen atoms in total. The zero-order chi connectivity index (χ0) is 32.6. The number of likely N-dealkylation sites (tertiary alicyclic amines) is 1. The zero-order valence-electron chi connectivity index (χ0n) is 26.2. The number of aryl methyl sites for hydroxylation is 3. The average Bonchev–Trinajstić information content (AvgIpc) is 3.80. The molecule has 5 rings (SSSR count). The van der Waals surface area contributed by atoms with Crippen LogP contribution in [0.5, 0.6) is 5.75 Å². The number of fused-ring (bicyclic) bond motifs is 1. The number of hydrogen-bond donors (Lipinski definition) is 2. The molecule has 44 heavy (non-hydrogen) atoms. The predicted molar refractivity (Wildman–Crippen MR) is 170 cm³/mol. The average molecular weight is 632 g/mol. The summed E-state index contributed by atoms with van der Waals surface area (Å²) in [5.74, 6) is -0.159. The third-order valence-corrected chi connectivity index (χ3v) is 8.63. The van der Waals surface area contributed by atoms with Crippen LogP contribution < -0.4 is 16.0 Å². The maximum Gasteiger partial charge on any atom is 0.333 e. The van der Waals surface area contributed by atoms with Crippen LogP contribution in [0.2, 0.25) is 0 Å². The molecule has 1 saturated heterocycles. The van der Waals surface area contributed by atoms with E-state index < -0.39 is 22.6 Å². The highest BCUT2D eigenvalue weighted by molar-refractivity contribution is 7.21. The van der Waals surface area contributed by atoms with Gasteiger partial charge in [0, 0.05) is 37.6 Å². The van der Waals surface area contributed by atoms with Gasteiger partial charge in [0.15, 0.2) is 0 Å². The fourth-order valence-corrected chi connectivity index (χ4v) is 6.47. The smallest absolute Gasteiger partial charge is 0.333 e. The minimum absolute atomic E-state index is 0.125. The summed E-state index contributed by atoms with van der Waals surface area (Å²) in [4.78, 5) is 43.8. The topological polar surface area (TPSA) is 132 Å². The van der Waals surface area contributed by atoms with Crippen molar-refractivity contribution in [3.05, 3.63) is 74.4 Å². The van der Waals surface area contributed by atoms with Crippen molar-refractivity contribution >= 4 is 27.5 Å². The van der Waals surface area contributed by atoms with E-state index >= 15 is 0 Å². The Morgan fingerprint density at radius 1 is 1.14 bits per heavy atom. The highest BCUT2D eigenvalue weighted by atomic mass is 32.1. The number of nitrogens with zero attached hydrogens (tertiary/aromatic N) is 5. The maximum absolute atomic E-state index is 14.1. The van der Waals surface area contributed by atoms with E-state index in [0.717, 1.165) is 17.4 Å². The van der Waals surface area contributed by atoms with Crippen molar-refractivity contribution in [3.8, 4) is 10.8 Å². The van der Waals surface area contributed by atoms with Crippen molar-refractivity contribution < 1.29 is 24.1 Å². The normalized spacial score (nSPS) is 12.9. The van der Waals surface area contributed by atoms with Crippen LogP contribution in [0.15, 0.2) is 46.2 Å². The van der Waals surface area contributed by atoms with Crippen molar-refractivity contribution in [3.63, 3.8) is 0 Å². The second-order valence-corrected chi connectivity index (χ2v) is 11.4. The van der Waals surface area contributed by atoms with Crippen LogP contribution in [0.4, 0.5) is 4.39 Å². The lowest BCUT2D eigenvalue weighted by Gasteiger charge is -2.31. The SMILES string of the molecule is CC.COc1ccc(F)cc1CCn1c(=O)n(C(C)(C)C(=O)N2CCCC2)c(=O)c2c(C)c(-n3cccn3)sc21.OCCO. The maximum atomic E-state index is 14.1. The summed E-state index contributed by atoms with van der Waals surface area (Å²) < 4.78 is 23.7. The van der Waals surface area contributed by atoms with Gasteiger partial charge in [-0.05, 0) is 69.9 Å². The molecule has 1 aliphatic heterocycles. The van der Waals surface area contributed by atoms with E-state index in [1.807, 2.05) is 20.8 Å². The molecule has 0 atom stereocenters. The van der Waals surface area contributed by atoms with Gasteiger partial charge >= 0.3 is 5.69 Å². The van der Waals surface area contributed by atoms with E-state index in [1.165, 1.54) is 35.1 Å². The van der Waals surface area contributed by atoms with Crippen LogP contribution in [0, 0.1) is 12.7 Å². The number of benzene rings is 1. The summed E-state index contributed by atoms with van der Waals surface area (Å²) in [6.45, 7) is 10.2. The molecule has 13 heteroatoms. The summed E-state index contributed by atoms with van der Waals surface area (Å²) in [6, 6.07) is 6.03. The molecule has 0 spiro atoms. The number of aliphatic hydroxyl groups excluding tert-OH is 2. The molecule has 1 fully saturated rings. The third kappa shape index (κ3) is 6.95. The van der Waals surface area contributed by atoms with Gasteiger partial charge < -0.3 is 19.8 Å². The van der Waals surface area contributed by atoms with Gasteiger partial charge in [-0.2, -0.15) is 5.10 Å². The number of ether oxygens (including phenoxy) is 1. The van der Waals surface area contributed by atoms with Crippen LogP contribution >= 0.6 is 11.3 Å². The summed E-state index contributed by atoms with van der Waals surface area (Å²) in [6.07, 6.45) is 5.49. The Hall–Kier alpha value is -3.81. The number of carbonyl (C=O) groups is 1. The Morgan fingerprint density at radius 3 is 2.36 bits per heavy atom. The van der Waals surface area contributed by atoms with E-state index in [-0.39, 0.29) is 32.1 Å². The van der Waals surface area contributed by atoms with Gasteiger partial charge in [-0.3, -0.25) is 14.2 Å². The highest BCUT2D eigenvalue weighted by Crippen LogP contribution is 2.32. The summed E-state index contributed by atoms with van der Waals surface area (Å²) >= 11 is 1.29. The molecule has 240 valence electrons. The van der Waals surface area contributed by atoms with E-state index in [0.29, 0.717) is 45.2 Å². The molecule has 0 bridgehead atoms. The first-order valence-electron chi connectivity index (χ1n) is 14.7. The van der Waals surface area contributed by atoms with E-state index in [2.05, 4.69) is 5.10 Å². The number of thiophene rings is 1. The van der Waals surface area contributed by atoms with Gasteiger partial charge in [0.25, 0.3) is 5.56 Å². The quantitative estimate of drug-likeness (QED) is 0.305. The summed E-state index contributed by atoms with van der Waals surface area (Å²) in [7, 11) is 1.51. The van der Waals surface area contributed by atoms with Crippen molar-refractivity contribution in [2.24, 2.45) is 0 Å². The first kappa shape index (κ1) is 34.7. The highest BCUT2D eigenvalue weighted by Gasteiger charge is 2.39. The zero-order valence-corrected chi connectivity index (χ0v) is 27.0. The molecule has 0 saturated carbocycles. The molecular formula is C31H42FN5O6S. The Bertz CT molecular complexity index is 1670. The van der Waals surface area contributed by atoms with Crippen LogP contribution in [0.25, 0.3) is 15.2 Å². The molecule has 4 aromatic rings. The number of halogens is 1. The molecule has 1 aromatic carbocycles. The van der Waals surface area contributed by atoms with Gasteiger partial charge in [-0.15, -0.1) is 0 Å². The molecular weight excluding hydrogens is 589 g/mol. The van der Waals surface area contributed by atoms with Crippen molar-refractivity contribution in [2.75, 3.05) is 33.4 Å². The Balaban J connectivity index is 0.000000816. The summed E-state index contributed by atoms with van der Waals surface area (Å²) in [5.41, 5.74) is -1.21. The third-order valence-electron chi connectivity index (χ3n) is 7.32. The van der Waals surface area contributed by atoms with Crippen molar-refractivity contribution in [1.29, 1.82) is 0 Å².